The Morgan fingerprint density at radius 1 is 1.80 bits per heavy atom. The van der Waals surface area contributed by atoms with Gasteiger partial charge in [-0.15, -0.1) is 0 Å². The summed E-state index contributed by atoms with van der Waals surface area (Å²) in [4.78, 5) is 13.1. The van der Waals surface area contributed by atoms with Crippen LogP contribution in [0.2, 0.25) is 0 Å². The molecule has 2 amide bonds. The number of carbonyl (C=O) groups is 1. The summed E-state index contributed by atoms with van der Waals surface area (Å²) in [6.45, 7) is 0. The predicted octanol–water partition coefficient (Wildman–Crippen LogP) is 0.690. The van der Waals surface area contributed by atoms with Crippen molar-refractivity contribution in [3.05, 3.63) is 18.3 Å². The largest absolute Gasteiger partial charge is 0.355 e. The fourth-order valence-corrected chi connectivity index (χ4v) is 0.967. The highest BCUT2D eigenvalue weighted by Crippen LogP contribution is 2.08. The van der Waals surface area contributed by atoms with E-state index >= 15 is 0 Å². The van der Waals surface area contributed by atoms with Crippen LogP contribution in [0, 0.1) is 0 Å². The molecule has 0 bridgehead atoms. The Balaban J connectivity index is 2.35. The molecule has 10 heavy (non-hydrogen) atoms. The van der Waals surface area contributed by atoms with Crippen molar-refractivity contribution < 1.29 is 4.79 Å². The summed E-state index contributed by atoms with van der Waals surface area (Å²) in [6, 6.07) is 3.13. The predicted molar refractivity (Wildman–Crippen MR) is 39.4 cm³/mol. The number of H-pyrrole nitrogens is 1. The summed E-state index contributed by atoms with van der Waals surface area (Å²) in [6.07, 6.45) is 1.77. The summed E-state index contributed by atoms with van der Waals surface area (Å²) >= 11 is 1.16. The van der Waals surface area contributed by atoms with E-state index in [9.17, 15) is 4.79 Å². The van der Waals surface area contributed by atoms with Crippen molar-refractivity contribution in [1.29, 1.82) is 0 Å². The Bertz CT molecular complexity index is 209. The van der Waals surface area contributed by atoms with E-state index in [0.717, 1.165) is 17.0 Å². The molecule has 0 unspecified atom stereocenters. The highest BCUT2D eigenvalue weighted by Gasteiger charge is 1.93. The van der Waals surface area contributed by atoms with Crippen molar-refractivity contribution in [3.63, 3.8) is 0 Å². The zero-order valence-electron chi connectivity index (χ0n) is 5.13. The summed E-state index contributed by atoms with van der Waals surface area (Å²) in [5.41, 5.74) is 4.82. The Morgan fingerprint density at radius 3 is 3.10 bits per heavy atom. The Morgan fingerprint density at radius 2 is 2.60 bits per heavy atom. The second-order valence-corrected chi connectivity index (χ2v) is 2.45. The zero-order valence-corrected chi connectivity index (χ0v) is 5.94. The van der Waals surface area contributed by atoms with Gasteiger partial charge in [-0.2, -0.15) is 0 Å². The number of amides is 2. The van der Waals surface area contributed by atoms with E-state index in [-0.39, 0.29) is 0 Å². The molecule has 0 aromatic carbocycles. The molecule has 0 fully saturated rings. The van der Waals surface area contributed by atoms with Gasteiger partial charge in [-0.1, -0.05) is 0 Å². The van der Waals surface area contributed by atoms with E-state index in [2.05, 4.69) is 9.71 Å². The highest BCUT2D eigenvalue weighted by molar-refractivity contribution is 7.97. The van der Waals surface area contributed by atoms with Crippen LogP contribution in [0.1, 0.15) is 0 Å². The molecule has 0 aliphatic carbocycles. The van der Waals surface area contributed by atoms with Crippen LogP contribution in [-0.2, 0) is 0 Å². The van der Waals surface area contributed by atoms with Crippen molar-refractivity contribution in [2.75, 3.05) is 0 Å². The number of primary amides is 1. The lowest BCUT2D eigenvalue weighted by Crippen LogP contribution is -2.22. The van der Waals surface area contributed by atoms with Gasteiger partial charge >= 0.3 is 6.03 Å². The lowest BCUT2D eigenvalue weighted by molar-refractivity contribution is 0.254. The van der Waals surface area contributed by atoms with Gasteiger partial charge in [0.15, 0.2) is 0 Å². The summed E-state index contributed by atoms with van der Waals surface area (Å²) in [5.74, 6) is 0. The third kappa shape index (κ3) is 2.02. The summed E-state index contributed by atoms with van der Waals surface area (Å²) < 4.78 is 2.37. The molecular weight excluding hydrogens is 150 g/mol. The number of nitrogens with two attached hydrogens (primary N) is 1. The number of urea groups is 1. The van der Waals surface area contributed by atoms with E-state index in [1.54, 1.807) is 6.20 Å². The third-order valence-corrected chi connectivity index (χ3v) is 1.61. The van der Waals surface area contributed by atoms with E-state index in [1.165, 1.54) is 0 Å². The molecule has 0 saturated carbocycles. The SMILES string of the molecule is NC(=O)NSc1ccc[nH]1. The van der Waals surface area contributed by atoms with Gasteiger partial charge in [0.1, 0.15) is 0 Å². The molecule has 4 N–H and O–H groups in total. The van der Waals surface area contributed by atoms with Crippen LogP contribution >= 0.6 is 11.9 Å². The molecule has 0 atom stereocenters. The molecule has 1 aromatic rings. The molecule has 1 heterocycles. The first-order chi connectivity index (χ1) is 4.79. The first kappa shape index (κ1) is 7.01. The normalized spacial score (nSPS) is 9.20. The number of hydrogen-bond acceptors (Lipinski definition) is 2. The van der Waals surface area contributed by atoms with Crippen LogP contribution in [0.5, 0.6) is 0 Å². The smallest absolute Gasteiger partial charge is 0.322 e. The molecule has 0 aliphatic heterocycles. The number of rotatable bonds is 2. The maximum Gasteiger partial charge on any atom is 0.322 e. The van der Waals surface area contributed by atoms with Crippen LogP contribution < -0.4 is 10.5 Å². The van der Waals surface area contributed by atoms with Gasteiger partial charge in [-0.3, -0.25) is 4.72 Å². The minimum absolute atomic E-state index is 0.542. The lowest BCUT2D eigenvalue weighted by atomic mass is 10.7. The number of carbonyl (C=O) groups excluding carboxylic acids is 1. The van der Waals surface area contributed by atoms with E-state index in [0.29, 0.717) is 0 Å². The Labute approximate surface area is 62.3 Å². The van der Waals surface area contributed by atoms with Crippen LogP contribution in [0.3, 0.4) is 0 Å². The molecule has 4 nitrogen and oxygen atoms in total. The average Bonchev–Trinajstić information content (AvgIpc) is 2.34. The van der Waals surface area contributed by atoms with Crippen molar-refractivity contribution in [1.82, 2.24) is 9.71 Å². The van der Waals surface area contributed by atoms with Crippen molar-refractivity contribution in [2.45, 2.75) is 5.03 Å². The van der Waals surface area contributed by atoms with Gasteiger partial charge in [-0.25, -0.2) is 4.79 Å². The molecule has 5 heteroatoms. The van der Waals surface area contributed by atoms with Crippen molar-refractivity contribution >= 4 is 18.0 Å². The number of aromatic nitrogens is 1. The zero-order chi connectivity index (χ0) is 7.40. The third-order valence-electron chi connectivity index (χ3n) is 0.831. The fraction of sp³-hybridized carbons (Fsp3) is 0. The quantitative estimate of drug-likeness (QED) is 0.553. The minimum Gasteiger partial charge on any atom is -0.355 e. The monoisotopic (exact) mass is 157 g/mol. The first-order valence-corrected chi connectivity index (χ1v) is 3.46. The fourth-order valence-electron chi connectivity index (χ4n) is 0.483. The summed E-state index contributed by atoms with van der Waals surface area (Å²) in [7, 11) is 0. The molecule has 54 valence electrons. The molecule has 0 saturated heterocycles. The standard InChI is InChI=1S/C5H7N3OS/c6-5(9)8-10-4-2-1-3-7-4/h1-3,7H,(H3,6,8,9). The van der Waals surface area contributed by atoms with E-state index in [4.69, 9.17) is 5.73 Å². The molecule has 1 rings (SSSR count). The van der Waals surface area contributed by atoms with Crippen LogP contribution in [0.15, 0.2) is 23.4 Å². The Kier molecular flexibility index (Phi) is 2.22. The van der Waals surface area contributed by atoms with Gasteiger partial charge in [0.25, 0.3) is 0 Å². The van der Waals surface area contributed by atoms with Crippen LogP contribution in [0.25, 0.3) is 0 Å². The van der Waals surface area contributed by atoms with Crippen molar-refractivity contribution in [2.24, 2.45) is 5.73 Å². The van der Waals surface area contributed by atoms with Crippen LogP contribution in [-0.4, -0.2) is 11.0 Å². The minimum atomic E-state index is -0.542. The van der Waals surface area contributed by atoms with Gasteiger partial charge in [0.2, 0.25) is 0 Å². The topological polar surface area (TPSA) is 70.9 Å². The van der Waals surface area contributed by atoms with Crippen LogP contribution in [0.4, 0.5) is 4.79 Å². The number of aromatic amines is 1. The van der Waals surface area contributed by atoms with Gasteiger partial charge in [0.05, 0.1) is 5.03 Å². The van der Waals surface area contributed by atoms with Gasteiger partial charge in [0, 0.05) is 18.1 Å². The molecule has 0 aliphatic rings. The maximum atomic E-state index is 10.2. The first-order valence-electron chi connectivity index (χ1n) is 2.65. The lowest BCUT2D eigenvalue weighted by Gasteiger charge is -1.95. The highest BCUT2D eigenvalue weighted by atomic mass is 32.2. The molecule has 1 aromatic heterocycles. The van der Waals surface area contributed by atoms with E-state index < -0.39 is 6.03 Å². The second-order valence-electron chi connectivity index (χ2n) is 1.60. The number of nitrogens with one attached hydrogen (secondary N) is 2. The maximum absolute atomic E-state index is 10.2. The van der Waals surface area contributed by atoms with Gasteiger partial charge in [-0.05, 0) is 12.1 Å². The summed E-state index contributed by atoms with van der Waals surface area (Å²) in [5, 5.41) is 0.860. The van der Waals surface area contributed by atoms with Crippen molar-refractivity contribution in [3.8, 4) is 0 Å². The molecule has 0 spiro atoms. The number of hydrogen-bond donors (Lipinski definition) is 3. The average molecular weight is 157 g/mol. The van der Waals surface area contributed by atoms with Gasteiger partial charge < -0.3 is 10.7 Å². The molecular formula is C5H7N3OS. The second kappa shape index (κ2) is 3.17. The molecule has 0 radical (unpaired) electrons. The Hall–Kier alpha value is -1.10. The van der Waals surface area contributed by atoms with E-state index in [1.807, 2.05) is 12.1 Å².